The molecular formula is C12H8N2O3. The number of hydrogen-bond donors (Lipinski definition) is 0. The van der Waals surface area contributed by atoms with Gasteiger partial charge in [0.05, 0.1) is 21.6 Å². The number of nitro groups is 1. The quantitative estimate of drug-likeness (QED) is 0.555. The monoisotopic (exact) mass is 228 g/mol. The van der Waals surface area contributed by atoms with Gasteiger partial charge in [-0.15, -0.1) is 0 Å². The summed E-state index contributed by atoms with van der Waals surface area (Å²) in [5, 5.41) is 12.1. The summed E-state index contributed by atoms with van der Waals surface area (Å²) < 4.78 is 0. The van der Waals surface area contributed by atoms with E-state index in [2.05, 4.69) is 0 Å². The van der Waals surface area contributed by atoms with Crippen molar-refractivity contribution in [2.75, 3.05) is 11.9 Å². The molecule has 0 atom stereocenters. The predicted molar refractivity (Wildman–Crippen MR) is 63.3 cm³/mol. The first-order chi connectivity index (χ1) is 8.11. The van der Waals surface area contributed by atoms with Crippen LogP contribution in [0.25, 0.3) is 10.8 Å². The van der Waals surface area contributed by atoms with E-state index in [1.807, 2.05) is 0 Å². The molecular weight excluding hydrogens is 220 g/mol. The van der Waals surface area contributed by atoms with E-state index >= 15 is 0 Å². The molecule has 0 saturated carbocycles. The van der Waals surface area contributed by atoms with Gasteiger partial charge in [-0.2, -0.15) is 0 Å². The van der Waals surface area contributed by atoms with Crippen molar-refractivity contribution < 1.29 is 9.72 Å². The second kappa shape index (κ2) is 3.04. The fraction of sp³-hybridized carbons (Fsp3) is 0.0833. The van der Waals surface area contributed by atoms with E-state index in [4.69, 9.17) is 0 Å². The molecule has 0 bridgehead atoms. The van der Waals surface area contributed by atoms with Gasteiger partial charge in [-0.05, 0) is 18.2 Å². The van der Waals surface area contributed by atoms with Crippen molar-refractivity contribution in [3.05, 3.63) is 46.0 Å². The summed E-state index contributed by atoms with van der Waals surface area (Å²) in [6, 6.07) is 8.10. The standard InChI is InChI=1S/C12H8N2O3/c1-13-10-6-5-9(14(16)17)7-3-2-4-8(11(7)10)12(13)15/h2-6H,1H3. The number of amides is 1. The Hall–Kier alpha value is -2.43. The molecule has 84 valence electrons. The Kier molecular flexibility index (Phi) is 1.75. The van der Waals surface area contributed by atoms with Gasteiger partial charge in [0.15, 0.2) is 0 Å². The number of carbonyl (C=O) groups excluding carboxylic acids is 1. The summed E-state index contributed by atoms with van der Waals surface area (Å²) in [7, 11) is 1.67. The molecule has 5 heteroatoms. The van der Waals surface area contributed by atoms with Crippen molar-refractivity contribution in [1.29, 1.82) is 0 Å². The Morgan fingerprint density at radius 2 is 2.00 bits per heavy atom. The first kappa shape index (κ1) is 9.77. The minimum atomic E-state index is -0.425. The molecule has 0 saturated heterocycles. The maximum absolute atomic E-state index is 11.9. The molecule has 5 nitrogen and oxygen atoms in total. The molecule has 3 rings (SSSR count). The summed E-state index contributed by atoms with van der Waals surface area (Å²) >= 11 is 0. The zero-order chi connectivity index (χ0) is 12.2. The summed E-state index contributed by atoms with van der Waals surface area (Å²) in [5.41, 5.74) is 1.30. The van der Waals surface area contributed by atoms with E-state index in [1.54, 1.807) is 31.3 Å². The molecule has 17 heavy (non-hydrogen) atoms. The second-order valence-electron chi connectivity index (χ2n) is 3.95. The number of carbonyl (C=O) groups is 1. The molecule has 0 N–H and O–H groups in total. The van der Waals surface area contributed by atoms with E-state index in [-0.39, 0.29) is 11.6 Å². The lowest BCUT2D eigenvalue weighted by atomic mass is 10.0. The number of anilines is 1. The minimum Gasteiger partial charge on any atom is -0.311 e. The van der Waals surface area contributed by atoms with Gasteiger partial charge >= 0.3 is 0 Å². The topological polar surface area (TPSA) is 63.5 Å². The average Bonchev–Trinajstić information content (AvgIpc) is 2.57. The van der Waals surface area contributed by atoms with Gasteiger partial charge in [0.1, 0.15) is 0 Å². The third-order valence-corrected chi connectivity index (χ3v) is 3.09. The van der Waals surface area contributed by atoms with Crippen molar-refractivity contribution >= 4 is 28.1 Å². The first-order valence-corrected chi connectivity index (χ1v) is 5.09. The van der Waals surface area contributed by atoms with E-state index in [0.29, 0.717) is 16.3 Å². The van der Waals surface area contributed by atoms with Gasteiger partial charge in [0.2, 0.25) is 0 Å². The lowest BCUT2D eigenvalue weighted by molar-refractivity contribution is -0.383. The van der Waals surface area contributed by atoms with E-state index in [0.717, 1.165) is 5.69 Å². The van der Waals surface area contributed by atoms with Crippen molar-refractivity contribution in [3.8, 4) is 0 Å². The van der Waals surface area contributed by atoms with Crippen LogP contribution in [0.5, 0.6) is 0 Å². The lowest BCUT2D eigenvalue weighted by Gasteiger charge is -2.09. The first-order valence-electron chi connectivity index (χ1n) is 5.09. The molecule has 1 aliphatic heterocycles. The van der Waals surface area contributed by atoms with E-state index in [1.165, 1.54) is 11.0 Å². The highest BCUT2D eigenvalue weighted by Gasteiger charge is 2.29. The van der Waals surface area contributed by atoms with E-state index < -0.39 is 4.92 Å². The number of nitro benzene ring substituents is 1. The summed E-state index contributed by atoms with van der Waals surface area (Å²) in [5.74, 6) is -0.119. The largest absolute Gasteiger partial charge is 0.311 e. The zero-order valence-corrected chi connectivity index (χ0v) is 9.01. The smallest absolute Gasteiger partial charge is 0.277 e. The van der Waals surface area contributed by atoms with Crippen LogP contribution < -0.4 is 4.90 Å². The van der Waals surface area contributed by atoms with Gasteiger partial charge in [-0.1, -0.05) is 6.07 Å². The van der Waals surface area contributed by atoms with Gasteiger partial charge in [0, 0.05) is 18.5 Å². The van der Waals surface area contributed by atoms with Crippen LogP contribution in [-0.4, -0.2) is 17.9 Å². The normalized spacial score (nSPS) is 13.5. The highest BCUT2D eigenvalue weighted by Crippen LogP contribution is 2.40. The third-order valence-electron chi connectivity index (χ3n) is 3.09. The van der Waals surface area contributed by atoms with Crippen molar-refractivity contribution in [2.45, 2.75) is 0 Å². The molecule has 1 aliphatic rings. The van der Waals surface area contributed by atoms with Crippen molar-refractivity contribution in [3.63, 3.8) is 0 Å². The van der Waals surface area contributed by atoms with Crippen LogP contribution in [0.1, 0.15) is 10.4 Å². The molecule has 0 radical (unpaired) electrons. The zero-order valence-electron chi connectivity index (χ0n) is 9.01. The van der Waals surface area contributed by atoms with Crippen LogP contribution in [0, 0.1) is 10.1 Å². The van der Waals surface area contributed by atoms with Crippen LogP contribution in [-0.2, 0) is 0 Å². The third kappa shape index (κ3) is 1.10. The number of nitrogens with zero attached hydrogens (tertiary/aromatic N) is 2. The van der Waals surface area contributed by atoms with Gasteiger partial charge in [-0.25, -0.2) is 0 Å². The summed E-state index contributed by atoms with van der Waals surface area (Å²) in [6.07, 6.45) is 0. The summed E-state index contributed by atoms with van der Waals surface area (Å²) in [6.45, 7) is 0. The van der Waals surface area contributed by atoms with Crippen LogP contribution in [0.4, 0.5) is 11.4 Å². The number of rotatable bonds is 1. The Balaban J connectivity index is 2.50. The van der Waals surface area contributed by atoms with Gasteiger partial charge in [0.25, 0.3) is 11.6 Å². The molecule has 1 amide bonds. The maximum Gasteiger partial charge on any atom is 0.277 e. The van der Waals surface area contributed by atoms with Crippen LogP contribution in [0.15, 0.2) is 30.3 Å². The predicted octanol–water partition coefficient (Wildman–Crippen LogP) is 2.34. The molecule has 0 aromatic heterocycles. The van der Waals surface area contributed by atoms with Crippen LogP contribution in [0.2, 0.25) is 0 Å². The summed E-state index contributed by atoms with van der Waals surface area (Å²) in [4.78, 5) is 23.9. The van der Waals surface area contributed by atoms with E-state index in [9.17, 15) is 14.9 Å². The average molecular weight is 228 g/mol. The number of benzene rings is 2. The maximum atomic E-state index is 11.9. The van der Waals surface area contributed by atoms with Gasteiger partial charge < -0.3 is 4.90 Å². The van der Waals surface area contributed by atoms with Gasteiger partial charge in [-0.3, -0.25) is 14.9 Å². The van der Waals surface area contributed by atoms with Crippen molar-refractivity contribution in [1.82, 2.24) is 0 Å². The number of hydrogen-bond acceptors (Lipinski definition) is 3. The van der Waals surface area contributed by atoms with Crippen LogP contribution >= 0.6 is 0 Å². The Morgan fingerprint density at radius 3 is 2.71 bits per heavy atom. The second-order valence-corrected chi connectivity index (χ2v) is 3.95. The number of non-ortho nitro benzene ring substituents is 1. The Morgan fingerprint density at radius 1 is 1.24 bits per heavy atom. The minimum absolute atomic E-state index is 0.0358. The SMILES string of the molecule is CN1C(=O)c2cccc3c([N+](=O)[O-])ccc1c23. The molecule has 2 aromatic rings. The fourth-order valence-corrected chi connectivity index (χ4v) is 2.28. The van der Waals surface area contributed by atoms with Crippen LogP contribution in [0.3, 0.4) is 0 Å². The highest BCUT2D eigenvalue weighted by atomic mass is 16.6. The Labute approximate surface area is 96.4 Å². The lowest BCUT2D eigenvalue weighted by Crippen LogP contribution is -2.20. The molecule has 0 unspecified atom stereocenters. The fourth-order valence-electron chi connectivity index (χ4n) is 2.28. The molecule has 2 aromatic carbocycles. The Bertz CT molecular complexity index is 679. The molecule has 0 spiro atoms. The molecule has 0 aliphatic carbocycles. The molecule has 1 heterocycles. The molecule has 0 fully saturated rings. The van der Waals surface area contributed by atoms with Crippen molar-refractivity contribution in [2.24, 2.45) is 0 Å². The highest BCUT2D eigenvalue weighted by molar-refractivity contribution is 6.25.